The molecule has 1 aliphatic carbocycles. The molecule has 0 aromatic heterocycles. The first-order valence-electron chi connectivity index (χ1n) is 11.8. The molecule has 2 aromatic carbocycles. The Bertz CT molecular complexity index is 989. The zero-order valence-corrected chi connectivity index (χ0v) is 20.3. The highest BCUT2D eigenvalue weighted by atomic mass is 19.4. The van der Waals surface area contributed by atoms with Gasteiger partial charge in [0, 0.05) is 19.3 Å². The zero-order chi connectivity index (χ0) is 25.1. The molecule has 0 atom stereocenters. The van der Waals surface area contributed by atoms with Crippen LogP contribution < -0.4 is 9.64 Å². The highest BCUT2D eigenvalue weighted by molar-refractivity contribution is 5.72. The summed E-state index contributed by atoms with van der Waals surface area (Å²) in [6, 6.07) is 11.0. The predicted molar refractivity (Wildman–Crippen MR) is 128 cm³/mol. The second-order valence-corrected chi connectivity index (χ2v) is 10.3. The number of carboxylic acids is 1. The van der Waals surface area contributed by atoms with Gasteiger partial charge >= 0.3 is 12.1 Å². The summed E-state index contributed by atoms with van der Waals surface area (Å²) in [5.41, 5.74) is 0.865. The highest BCUT2D eigenvalue weighted by Crippen LogP contribution is 2.40. The lowest BCUT2D eigenvalue weighted by molar-refractivity contribution is -0.138. The van der Waals surface area contributed by atoms with Crippen molar-refractivity contribution in [1.82, 2.24) is 0 Å². The van der Waals surface area contributed by atoms with E-state index in [1.165, 1.54) is 4.90 Å². The van der Waals surface area contributed by atoms with Crippen LogP contribution in [0.3, 0.4) is 0 Å². The maximum atomic E-state index is 13.6. The molecule has 4 nitrogen and oxygen atoms in total. The van der Waals surface area contributed by atoms with Crippen LogP contribution in [0.2, 0.25) is 0 Å². The van der Waals surface area contributed by atoms with E-state index in [1.807, 2.05) is 6.07 Å². The minimum Gasteiger partial charge on any atom is -0.490 e. The maximum absolute atomic E-state index is 13.6. The Morgan fingerprint density at radius 2 is 1.71 bits per heavy atom. The molecule has 0 aliphatic heterocycles. The van der Waals surface area contributed by atoms with Gasteiger partial charge in [-0.3, -0.25) is 4.79 Å². The number of alkyl halides is 3. The summed E-state index contributed by atoms with van der Waals surface area (Å²) >= 11 is 0. The van der Waals surface area contributed by atoms with Crippen LogP contribution in [0.25, 0.3) is 11.1 Å². The van der Waals surface area contributed by atoms with E-state index in [2.05, 4.69) is 20.8 Å². The summed E-state index contributed by atoms with van der Waals surface area (Å²) in [5.74, 6) is 0.315. The highest BCUT2D eigenvalue weighted by Gasteiger charge is 2.32. The second kappa shape index (κ2) is 10.3. The van der Waals surface area contributed by atoms with Crippen molar-refractivity contribution in [2.45, 2.75) is 65.2 Å². The fraction of sp³-hybridized carbons (Fsp3) is 0.519. The zero-order valence-electron chi connectivity index (χ0n) is 20.3. The number of benzene rings is 2. The molecular formula is C27H34F3NO3. The minimum atomic E-state index is -4.52. The largest absolute Gasteiger partial charge is 0.490 e. The lowest BCUT2D eigenvalue weighted by Crippen LogP contribution is -2.30. The van der Waals surface area contributed by atoms with E-state index in [0.29, 0.717) is 28.5 Å². The van der Waals surface area contributed by atoms with Crippen LogP contribution in [0.1, 0.15) is 58.4 Å². The lowest BCUT2D eigenvalue weighted by atomic mass is 9.72. The van der Waals surface area contributed by atoms with Gasteiger partial charge in [-0.2, -0.15) is 13.2 Å². The van der Waals surface area contributed by atoms with E-state index in [0.717, 1.165) is 37.8 Å². The van der Waals surface area contributed by atoms with Gasteiger partial charge in [0.05, 0.1) is 18.1 Å². The van der Waals surface area contributed by atoms with Gasteiger partial charge in [0.25, 0.3) is 0 Å². The Morgan fingerprint density at radius 1 is 1.03 bits per heavy atom. The van der Waals surface area contributed by atoms with Gasteiger partial charge in [0.15, 0.2) is 0 Å². The van der Waals surface area contributed by atoms with Gasteiger partial charge in [0.1, 0.15) is 5.75 Å². The standard InChI is InChI=1S/C27H34F3NO3/c1-26(2,3)20-8-10-23(11-9-20)34-24-7-5-6-18(16-24)19-14-21(27(28,29)30)17-22(15-19)31(4)13-12-25(32)33/h5-7,14-17,20,23H,8-13H2,1-4H3,(H,32,33)/t20-,23-. The Morgan fingerprint density at radius 3 is 2.29 bits per heavy atom. The minimum absolute atomic E-state index is 0.105. The molecule has 0 spiro atoms. The van der Waals surface area contributed by atoms with Crippen LogP contribution in [0, 0.1) is 11.3 Å². The number of carboxylic acid groups (broad SMARTS) is 1. The fourth-order valence-corrected chi connectivity index (χ4v) is 4.54. The van der Waals surface area contributed by atoms with Gasteiger partial charge < -0.3 is 14.7 Å². The van der Waals surface area contributed by atoms with Crippen LogP contribution in [0.15, 0.2) is 42.5 Å². The van der Waals surface area contributed by atoms with Crippen LogP contribution in [-0.2, 0) is 11.0 Å². The Hall–Kier alpha value is -2.70. The van der Waals surface area contributed by atoms with Crippen LogP contribution >= 0.6 is 0 Å². The maximum Gasteiger partial charge on any atom is 0.416 e. The number of anilines is 1. The summed E-state index contributed by atoms with van der Waals surface area (Å²) < 4.78 is 47.0. The number of nitrogens with zero attached hydrogens (tertiary/aromatic N) is 1. The Kier molecular flexibility index (Phi) is 7.84. The third-order valence-electron chi connectivity index (χ3n) is 6.72. The van der Waals surface area contributed by atoms with E-state index < -0.39 is 17.7 Å². The molecule has 1 aliphatic rings. The van der Waals surface area contributed by atoms with E-state index in [-0.39, 0.29) is 24.5 Å². The third-order valence-corrected chi connectivity index (χ3v) is 6.72. The molecule has 34 heavy (non-hydrogen) atoms. The molecule has 0 bridgehead atoms. The molecular weight excluding hydrogens is 443 g/mol. The van der Waals surface area contributed by atoms with E-state index in [1.54, 1.807) is 31.3 Å². The number of aliphatic carboxylic acids is 1. The summed E-state index contributed by atoms with van der Waals surface area (Å²) in [4.78, 5) is 12.4. The number of halogens is 3. The lowest BCUT2D eigenvalue weighted by Gasteiger charge is -2.37. The van der Waals surface area contributed by atoms with Crippen molar-refractivity contribution < 1.29 is 27.8 Å². The van der Waals surface area contributed by atoms with Gasteiger partial charge in [-0.15, -0.1) is 0 Å². The monoisotopic (exact) mass is 477 g/mol. The summed E-state index contributed by atoms with van der Waals surface area (Å²) in [5, 5.41) is 8.92. The molecule has 0 saturated heterocycles. The molecule has 2 aromatic rings. The van der Waals surface area contributed by atoms with Crippen molar-refractivity contribution in [1.29, 1.82) is 0 Å². The predicted octanol–water partition coefficient (Wildman–Crippen LogP) is 7.27. The molecule has 186 valence electrons. The van der Waals surface area contributed by atoms with Crippen molar-refractivity contribution in [2.24, 2.45) is 11.3 Å². The van der Waals surface area contributed by atoms with Crippen LogP contribution in [0.4, 0.5) is 18.9 Å². The van der Waals surface area contributed by atoms with E-state index in [4.69, 9.17) is 9.84 Å². The average molecular weight is 478 g/mol. The summed E-state index contributed by atoms with van der Waals surface area (Å²) in [7, 11) is 1.59. The smallest absolute Gasteiger partial charge is 0.416 e. The average Bonchev–Trinajstić information content (AvgIpc) is 2.76. The van der Waals surface area contributed by atoms with Crippen molar-refractivity contribution >= 4 is 11.7 Å². The first-order chi connectivity index (χ1) is 15.8. The first kappa shape index (κ1) is 25.9. The van der Waals surface area contributed by atoms with Crippen molar-refractivity contribution in [3.05, 3.63) is 48.0 Å². The topological polar surface area (TPSA) is 49.8 Å². The van der Waals surface area contributed by atoms with Crippen molar-refractivity contribution in [3.63, 3.8) is 0 Å². The molecule has 3 rings (SSSR count). The van der Waals surface area contributed by atoms with Gasteiger partial charge in [-0.05, 0) is 78.5 Å². The molecule has 1 N–H and O–H groups in total. The van der Waals surface area contributed by atoms with Gasteiger partial charge in [0.2, 0.25) is 0 Å². The molecule has 0 radical (unpaired) electrons. The molecule has 0 amide bonds. The molecule has 0 unspecified atom stereocenters. The molecule has 1 fully saturated rings. The first-order valence-corrected chi connectivity index (χ1v) is 11.8. The number of hydrogen-bond donors (Lipinski definition) is 1. The Labute approximate surface area is 199 Å². The van der Waals surface area contributed by atoms with E-state index in [9.17, 15) is 18.0 Å². The quantitative estimate of drug-likeness (QED) is 0.456. The Balaban J connectivity index is 1.82. The number of hydrogen-bond acceptors (Lipinski definition) is 3. The fourth-order valence-electron chi connectivity index (χ4n) is 4.54. The van der Waals surface area contributed by atoms with Gasteiger partial charge in [-0.25, -0.2) is 0 Å². The van der Waals surface area contributed by atoms with Gasteiger partial charge in [-0.1, -0.05) is 32.9 Å². The normalized spacial score (nSPS) is 19.0. The van der Waals surface area contributed by atoms with Crippen molar-refractivity contribution in [2.75, 3.05) is 18.5 Å². The summed E-state index contributed by atoms with van der Waals surface area (Å²) in [6.45, 7) is 6.91. The number of rotatable bonds is 7. The second-order valence-electron chi connectivity index (χ2n) is 10.3. The molecule has 1 saturated carbocycles. The molecule has 0 heterocycles. The van der Waals surface area contributed by atoms with Crippen molar-refractivity contribution in [3.8, 4) is 16.9 Å². The third kappa shape index (κ3) is 6.90. The number of ether oxygens (including phenoxy) is 1. The summed E-state index contributed by atoms with van der Waals surface area (Å²) in [6.07, 6.45) is -0.432. The van der Waals surface area contributed by atoms with Crippen LogP contribution in [-0.4, -0.2) is 30.8 Å². The van der Waals surface area contributed by atoms with Crippen LogP contribution in [0.5, 0.6) is 5.75 Å². The SMILES string of the molecule is CN(CCC(=O)O)c1cc(-c2cccc(O[C@H]3CC[C@H](C(C)(C)C)CC3)c2)cc(C(F)(F)F)c1. The number of carbonyl (C=O) groups is 1. The van der Waals surface area contributed by atoms with E-state index >= 15 is 0 Å². The molecule has 7 heteroatoms.